The van der Waals surface area contributed by atoms with Gasteiger partial charge in [0.15, 0.2) is 0 Å². The summed E-state index contributed by atoms with van der Waals surface area (Å²) in [6.45, 7) is 3.64. The zero-order valence-electron chi connectivity index (χ0n) is 3.93. The fourth-order valence-corrected chi connectivity index (χ4v) is 0.105. The molecule has 0 aromatic carbocycles. The van der Waals surface area contributed by atoms with E-state index in [1.165, 1.54) is 6.20 Å². The standard InChI is InChI=1S/C4H7NO/c1-4(2)3-5-6/h3H,1-2H3. The van der Waals surface area contributed by atoms with Crippen LogP contribution in [0.15, 0.2) is 16.9 Å². The number of hydrogen-bond donors (Lipinski definition) is 0. The van der Waals surface area contributed by atoms with Crippen molar-refractivity contribution in [3.8, 4) is 0 Å². The molecule has 0 aliphatic rings. The molecule has 0 saturated heterocycles. The third kappa shape index (κ3) is 3.34. The molecule has 2 heteroatoms. The molecule has 0 unspecified atom stereocenters. The molecule has 0 N–H and O–H groups in total. The number of nitroso groups, excluding NO2 is 1. The van der Waals surface area contributed by atoms with E-state index in [0.717, 1.165) is 5.57 Å². The molecular weight excluding hydrogens is 78.0 g/mol. The van der Waals surface area contributed by atoms with E-state index in [0.29, 0.717) is 0 Å². The molecule has 0 radical (unpaired) electrons. The molecule has 0 fully saturated rings. The maximum Gasteiger partial charge on any atom is 0.0701 e. The van der Waals surface area contributed by atoms with Crippen molar-refractivity contribution < 1.29 is 0 Å². The van der Waals surface area contributed by atoms with Crippen LogP contribution < -0.4 is 0 Å². The Morgan fingerprint density at radius 1 is 1.67 bits per heavy atom. The van der Waals surface area contributed by atoms with E-state index in [4.69, 9.17) is 0 Å². The van der Waals surface area contributed by atoms with Gasteiger partial charge in [-0.1, -0.05) is 5.57 Å². The van der Waals surface area contributed by atoms with Crippen LogP contribution in [0.2, 0.25) is 0 Å². The quantitative estimate of drug-likeness (QED) is 0.445. The number of rotatable bonds is 1. The third-order valence-corrected chi connectivity index (χ3v) is 0.311. The van der Waals surface area contributed by atoms with Gasteiger partial charge in [-0.15, -0.1) is 4.91 Å². The van der Waals surface area contributed by atoms with Crippen LogP contribution in [0.3, 0.4) is 0 Å². The van der Waals surface area contributed by atoms with E-state index in [-0.39, 0.29) is 0 Å². The van der Waals surface area contributed by atoms with Gasteiger partial charge in [0.1, 0.15) is 0 Å². The zero-order valence-corrected chi connectivity index (χ0v) is 3.93. The van der Waals surface area contributed by atoms with E-state index in [2.05, 4.69) is 5.18 Å². The Labute approximate surface area is 36.8 Å². The first-order chi connectivity index (χ1) is 2.77. The van der Waals surface area contributed by atoms with Crippen LogP contribution in [-0.2, 0) is 0 Å². The summed E-state index contributed by atoms with van der Waals surface area (Å²) in [5.74, 6) is 0. The molecule has 2 nitrogen and oxygen atoms in total. The van der Waals surface area contributed by atoms with Gasteiger partial charge in [-0.05, 0) is 19.0 Å². The molecule has 0 aliphatic heterocycles. The van der Waals surface area contributed by atoms with Crippen molar-refractivity contribution in [1.82, 2.24) is 0 Å². The molecule has 0 bridgehead atoms. The summed E-state index contributed by atoms with van der Waals surface area (Å²) in [5.41, 5.74) is 0.935. The van der Waals surface area contributed by atoms with Gasteiger partial charge in [0.05, 0.1) is 6.20 Å². The minimum absolute atomic E-state index is 0.935. The number of hydrogen-bond acceptors (Lipinski definition) is 2. The molecular formula is C4H7NO. The van der Waals surface area contributed by atoms with E-state index in [9.17, 15) is 4.91 Å². The monoisotopic (exact) mass is 85.1 g/mol. The molecule has 0 heterocycles. The second kappa shape index (κ2) is 2.57. The lowest BCUT2D eigenvalue weighted by molar-refractivity contribution is 1.33. The van der Waals surface area contributed by atoms with E-state index in [1.807, 2.05) is 13.8 Å². The summed E-state index contributed by atoms with van der Waals surface area (Å²) >= 11 is 0. The molecule has 0 rings (SSSR count). The fraction of sp³-hybridized carbons (Fsp3) is 0.500. The maximum absolute atomic E-state index is 9.29. The molecule has 6 heavy (non-hydrogen) atoms. The van der Waals surface area contributed by atoms with Crippen LogP contribution in [-0.4, -0.2) is 0 Å². The highest BCUT2D eigenvalue weighted by atomic mass is 16.2. The summed E-state index contributed by atoms with van der Waals surface area (Å²) in [5, 5.41) is 2.52. The Balaban J connectivity index is 3.41. The van der Waals surface area contributed by atoms with Crippen LogP contribution in [0.5, 0.6) is 0 Å². The lowest BCUT2D eigenvalue weighted by Crippen LogP contribution is -1.54. The molecule has 0 spiro atoms. The zero-order chi connectivity index (χ0) is 4.99. The van der Waals surface area contributed by atoms with Crippen LogP contribution >= 0.6 is 0 Å². The van der Waals surface area contributed by atoms with Gasteiger partial charge in [0, 0.05) is 0 Å². The molecule has 0 amide bonds. The first-order valence-corrected chi connectivity index (χ1v) is 1.73. The van der Waals surface area contributed by atoms with Crippen LogP contribution in [0.25, 0.3) is 0 Å². The second-order valence-corrected chi connectivity index (χ2v) is 1.31. The Hall–Kier alpha value is -0.660. The van der Waals surface area contributed by atoms with E-state index < -0.39 is 0 Å². The van der Waals surface area contributed by atoms with Gasteiger partial charge in [-0.3, -0.25) is 0 Å². The van der Waals surface area contributed by atoms with Gasteiger partial charge in [-0.25, -0.2) is 0 Å². The lowest BCUT2D eigenvalue weighted by atomic mass is 10.4. The topological polar surface area (TPSA) is 29.4 Å². The van der Waals surface area contributed by atoms with Crippen molar-refractivity contribution in [3.05, 3.63) is 16.7 Å². The first kappa shape index (κ1) is 5.34. The van der Waals surface area contributed by atoms with Crippen molar-refractivity contribution in [3.63, 3.8) is 0 Å². The molecule has 0 aliphatic carbocycles. The fourth-order valence-electron chi connectivity index (χ4n) is 0.105. The van der Waals surface area contributed by atoms with Crippen molar-refractivity contribution in [1.29, 1.82) is 0 Å². The largest absolute Gasteiger partial charge is 0.145 e. The van der Waals surface area contributed by atoms with Gasteiger partial charge in [-0.2, -0.15) is 0 Å². The maximum atomic E-state index is 9.29. The highest BCUT2D eigenvalue weighted by molar-refractivity contribution is 4.90. The highest BCUT2D eigenvalue weighted by Gasteiger charge is 1.67. The van der Waals surface area contributed by atoms with Gasteiger partial charge >= 0.3 is 0 Å². The van der Waals surface area contributed by atoms with Gasteiger partial charge < -0.3 is 0 Å². The van der Waals surface area contributed by atoms with E-state index >= 15 is 0 Å². The average molecular weight is 85.1 g/mol. The first-order valence-electron chi connectivity index (χ1n) is 1.73. The molecule has 34 valence electrons. The Bertz CT molecular complexity index is 71.6. The average Bonchev–Trinajstić information content (AvgIpc) is 1.35. The Morgan fingerprint density at radius 3 is 2.17 bits per heavy atom. The molecule has 0 aromatic heterocycles. The predicted octanol–water partition coefficient (Wildman–Crippen LogP) is 1.68. The normalized spacial score (nSPS) is 7.00. The minimum atomic E-state index is 0.935. The summed E-state index contributed by atoms with van der Waals surface area (Å²) in [4.78, 5) is 9.29. The van der Waals surface area contributed by atoms with Crippen molar-refractivity contribution in [2.75, 3.05) is 0 Å². The number of nitrogens with zero attached hydrogens (tertiary/aromatic N) is 1. The third-order valence-electron chi connectivity index (χ3n) is 0.311. The predicted molar refractivity (Wildman–Crippen MR) is 25.2 cm³/mol. The molecule has 0 atom stereocenters. The summed E-state index contributed by atoms with van der Waals surface area (Å²) in [6.07, 6.45) is 1.28. The van der Waals surface area contributed by atoms with Crippen LogP contribution in [0, 0.1) is 4.91 Å². The van der Waals surface area contributed by atoms with E-state index in [1.54, 1.807) is 0 Å². The van der Waals surface area contributed by atoms with Crippen molar-refractivity contribution in [2.45, 2.75) is 13.8 Å². The Kier molecular flexibility index (Phi) is 2.29. The highest BCUT2D eigenvalue weighted by Crippen LogP contribution is 1.85. The molecule has 0 saturated carbocycles. The van der Waals surface area contributed by atoms with Crippen molar-refractivity contribution >= 4 is 0 Å². The van der Waals surface area contributed by atoms with Gasteiger partial charge in [0.2, 0.25) is 0 Å². The minimum Gasteiger partial charge on any atom is -0.145 e. The van der Waals surface area contributed by atoms with Crippen LogP contribution in [0.1, 0.15) is 13.8 Å². The van der Waals surface area contributed by atoms with Crippen LogP contribution in [0.4, 0.5) is 0 Å². The summed E-state index contributed by atoms with van der Waals surface area (Å²) < 4.78 is 0. The van der Waals surface area contributed by atoms with Gasteiger partial charge in [0.25, 0.3) is 0 Å². The lowest BCUT2D eigenvalue weighted by Gasteiger charge is -1.72. The SMILES string of the molecule is CC(C)=CN=O. The number of allylic oxidation sites excluding steroid dienone is 1. The Morgan fingerprint density at radius 2 is 2.17 bits per heavy atom. The smallest absolute Gasteiger partial charge is 0.0701 e. The van der Waals surface area contributed by atoms with Crippen molar-refractivity contribution in [2.24, 2.45) is 5.18 Å². The summed E-state index contributed by atoms with van der Waals surface area (Å²) in [7, 11) is 0. The summed E-state index contributed by atoms with van der Waals surface area (Å²) in [6, 6.07) is 0. The molecule has 0 aromatic rings. The second-order valence-electron chi connectivity index (χ2n) is 1.31.